The quantitative estimate of drug-likeness (QED) is 0.585. The number of aromatic amines is 1. The lowest BCUT2D eigenvalue weighted by atomic mass is 10.2. The largest absolute Gasteiger partial charge is 0.280 e. The molecule has 3 heteroatoms. The zero-order valence-corrected chi connectivity index (χ0v) is 6.63. The van der Waals surface area contributed by atoms with Gasteiger partial charge in [0.15, 0.2) is 5.65 Å². The third-order valence-corrected chi connectivity index (χ3v) is 1.77. The van der Waals surface area contributed by atoms with Crippen molar-refractivity contribution in [3.8, 4) is 12.3 Å². The van der Waals surface area contributed by atoms with Gasteiger partial charge in [0.25, 0.3) is 0 Å². The van der Waals surface area contributed by atoms with Crippen LogP contribution in [0.3, 0.4) is 0 Å². The number of fused-ring (bicyclic) bond motifs is 1. The van der Waals surface area contributed by atoms with E-state index in [9.17, 15) is 0 Å². The van der Waals surface area contributed by atoms with E-state index in [-0.39, 0.29) is 0 Å². The predicted molar refractivity (Wildman–Crippen MR) is 46.6 cm³/mol. The average Bonchev–Trinajstić information content (AvgIpc) is 2.47. The van der Waals surface area contributed by atoms with Crippen molar-refractivity contribution >= 4 is 11.0 Å². The molecule has 2 rings (SSSR count). The second-order valence-electron chi connectivity index (χ2n) is 2.59. The van der Waals surface area contributed by atoms with Gasteiger partial charge in [-0.05, 0) is 13.0 Å². The molecule has 1 N–H and O–H groups in total. The van der Waals surface area contributed by atoms with Crippen LogP contribution in [0.15, 0.2) is 12.3 Å². The zero-order chi connectivity index (χ0) is 8.55. The smallest absolute Gasteiger partial charge is 0.181 e. The van der Waals surface area contributed by atoms with Gasteiger partial charge in [-0.1, -0.05) is 5.92 Å². The van der Waals surface area contributed by atoms with E-state index in [1.807, 2.05) is 13.0 Å². The van der Waals surface area contributed by atoms with Gasteiger partial charge in [-0.25, -0.2) is 4.98 Å². The molecule has 0 radical (unpaired) electrons. The molecule has 0 aliphatic carbocycles. The molecule has 2 aromatic rings. The minimum absolute atomic E-state index is 0.714. The van der Waals surface area contributed by atoms with Crippen LogP contribution in [0.5, 0.6) is 0 Å². The van der Waals surface area contributed by atoms with Crippen molar-refractivity contribution in [2.24, 2.45) is 0 Å². The van der Waals surface area contributed by atoms with Crippen molar-refractivity contribution in [1.29, 1.82) is 0 Å². The van der Waals surface area contributed by atoms with Crippen LogP contribution in [0, 0.1) is 19.3 Å². The molecule has 0 amide bonds. The van der Waals surface area contributed by atoms with Crippen LogP contribution in [0.1, 0.15) is 11.3 Å². The molecule has 2 heterocycles. The van der Waals surface area contributed by atoms with E-state index < -0.39 is 0 Å². The van der Waals surface area contributed by atoms with E-state index in [0.717, 1.165) is 16.6 Å². The third kappa shape index (κ3) is 0.857. The Morgan fingerprint density at radius 3 is 3.17 bits per heavy atom. The summed E-state index contributed by atoms with van der Waals surface area (Å²) in [5.41, 5.74) is 2.49. The lowest BCUT2D eigenvalue weighted by molar-refractivity contribution is 1.05. The second kappa shape index (κ2) is 2.35. The lowest BCUT2D eigenvalue weighted by Gasteiger charge is -1.89. The molecule has 58 valence electrons. The number of aromatic nitrogens is 3. The van der Waals surface area contributed by atoms with Crippen LogP contribution in [0.25, 0.3) is 11.0 Å². The number of H-pyrrole nitrogens is 1. The van der Waals surface area contributed by atoms with E-state index in [1.54, 1.807) is 6.20 Å². The highest BCUT2D eigenvalue weighted by Crippen LogP contribution is 2.13. The molecule has 0 aromatic carbocycles. The Hall–Kier alpha value is -1.82. The molecule has 0 atom stereocenters. The zero-order valence-electron chi connectivity index (χ0n) is 6.63. The van der Waals surface area contributed by atoms with Crippen molar-refractivity contribution in [2.45, 2.75) is 6.92 Å². The Kier molecular flexibility index (Phi) is 1.34. The molecule has 3 nitrogen and oxygen atoms in total. The standard InChI is InChI=1S/C9H7N3/c1-3-7-4-8-6(2)11-12-9(8)10-5-7/h1,4-5H,2H3,(H,10,11,12). The van der Waals surface area contributed by atoms with E-state index in [1.165, 1.54) is 0 Å². The highest BCUT2D eigenvalue weighted by molar-refractivity contribution is 5.78. The molecule has 0 spiro atoms. The Balaban J connectivity index is 2.82. The van der Waals surface area contributed by atoms with Crippen molar-refractivity contribution in [3.05, 3.63) is 23.5 Å². The first-order valence-electron chi connectivity index (χ1n) is 3.58. The van der Waals surface area contributed by atoms with E-state index in [4.69, 9.17) is 6.42 Å². The minimum atomic E-state index is 0.714. The summed E-state index contributed by atoms with van der Waals surface area (Å²) < 4.78 is 0. The average molecular weight is 157 g/mol. The van der Waals surface area contributed by atoms with Crippen molar-refractivity contribution in [3.63, 3.8) is 0 Å². The molecule has 0 saturated carbocycles. The van der Waals surface area contributed by atoms with Gasteiger partial charge >= 0.3 is 0 Å². The molecule has 0 unspecified atom stereocenters. The fourth-order valence-electron chi connectivity index (χ4n) is 1.10. The molecular formula is C9H7N3. The predicted octanol–water partition coefficient (Wildman–Crippen LogP) is 1.25. The van der Waals surface area contributed by atoms with Crippen LogP contribution < -0.4 is 0 Å². The maximum absolute atomic E-state index is 5.24. The van der Waals surface area contributed by atoms with E-state index in [0.29, 0.717) is 5.65 Å². The Morgan fingerprint density at radius 1 is 1.58 bits per heavy atom. The van der Waals surface area contributed by atoms with Crippen LogP contribution in [-0.4, -0.2) is 15.2 Å². The summed E-state index contributed by atoms with van der Waals surface area (Å²) in [6.07, 6.45) is 6.88. The number of nitrogens with one attached hydrogen (secondary N) is 1. The van der Waals surface area contributed by atoms with Gasteiger partial charge in [-0.15, -0.1) is 6.42 Å². The number of aryl methyl sites for hydroxylation is 1. The summed E-state index contributed by atoms with van der Waals surface area (Å²) in [7, 11) is 0. The number of pyridine rings is 1. The lowest BCUT2D eigenvalue weighted by Crippen LogP contribution is -1.79. The molecule has 0 bridgehead atoms. The molecule has 0 aliphatic rings. The summed E-state index contributed by atoms with van der Waals surface area (Å²) in [6.45, 7) is 1.94. The maximum Gasteiger partial charge on any atom is 0.181 e. The van der Waals surface area contributed by atoms with Gasteiger partial charge in [-0.3, -0.25) is 5.10 Å². The first-order chi connectivity index (χ1) is 5.81. The first kappa shape index (κ1) is 6.86. The summed E-state index contributed by atoms with van der Waals surface area (Å²) in [5, 5.41) is 7.83. The molecule has 2 aromatic heterocycles. The molecule has 12 heavy (non-hydrogen) atoms. The van der Waals surface area contributed by atoms with Crippen molar-refractivity contribution in [2.75, 3.05) is 0 Å². The first-order valence-corrected chi connectivity index (χ1v) is 3.58. The van der Waals surface area contributed by atoms with Gasteiger partial charge in [0.05, 0.1) is 0 Å². The molecule has 0 saturated heterocycles. The van der Waals surface area contributed by atoms with Crippen LogP contribution in [0.2, 0.25) is 0 Å². The molecule has 0 aliphatic heterocycles. The number of hydrogen-bond acceptors (Lipinski definition) is 2. The highest BCUT2D eigenvalue weighted by atomic mass is 15.1. The van der Waals surface area contributed by atoms with Gasteiger partial charge in [-0.2, -0.15) is 5.10 Å². The normalized spacial score (nSPS) is 10.0. The number of hydrogen-bond donors (Lipinski definition) is 1. The van der Waals surface area contributed by atoms with Crippen LogP contribution in [0.4, 0.5) is 0 Å². The summed E-state index contributed by atoms with van der Waals surface area (Å²) in [4.78, 5) is 4.09. The Bertz CT molecular complexity index is 462. The molecule has 0 fully saturated rings. The second-order valence-corrected chi connectivity index (χ2v) is 2.59. The fraction of sp³-hybridized carbons (Fsp3) is 0.111. The van der Waals surface area contributed by atoms with Gasteiger partial charge in [0, 0.05) is 22.8 Å². The minimum Gasteiger partial charge on any atom is -0.280 e. The highest BCUT2D eigenvalue weighted by Gasteiger charge is 2.01. The van der Waals surface area contributed by atoms with Crippen molar-refractivity contribution in [1.82, 2.24) is 15.2 Å². The van der Waals surface area contributed by atoms with Crippen LogP contribution >= 0.6 is 0 Å². The van der Waals surface area contributed by atoms with Gasteiger partial charge in [0.2, 0.25) is 0 Å². The SMILES string of the molecule is C#Cc1cnc2n[nH]c(C)c2c1. The van der Waals surface area contributed by atoms with Gasteiger partial charge in [0.1, 0.15) is 0 Å². The molecular weight excluding hydrogens is 150 g/mol. The number of terminal acetylenes is 1. The number of rotatable bonds is 0. The fourth-order valence-corrected chi connectivity index (χ4v) is 1.10. The van der Waals surface area contributed by atoms with E-state index >= 15 is 0 Å². The summed E-state index contributed by atoms with van der Waals surface area (Å²) in [5.74, 6) is 2.53. The Labute approximate surface area is 69.8 Å². The Morgan fingerprint density at radius 2 is 2.42 bits per heavy atom. The summed E-state index contributed by atoms with van der Waals surface area (Å²) in [6, 6.07) is 1.90. The number of nitrogens with zero attached hydrogens (tertiary/aromatic N) is 2. The topological polar surface area (TPSA) is 41.6 Å². The third-order valence-electron chi connectivity index (χ3n) is 1.77. The van der Waals surface area contributed by atoms with Crippen LogP contribution in [-0.2, 0) is 0 Å². The van der Waals surface area contributed by atoms with E-state index in [2.05, 4.69) is 21.1 Å². The summed E-state index contributed by atoms with van der Waals surface area (Å²) >= 11 is 0. The van der Waals surface area contributed by atoms with Gasteiger partial charge < -0.3 is 0 Å². The van der Waals surface area contributed by atoms with Crippen molar-refractivity contribution < 1.29 is 0 Å². The maximum atomic E-state index is 5.24. The monoisotopic (exact) mass is 157 g/mol.